The maximum Gasteiger partial charge on any atom is 0.387 e. The van der Waals surface area contributed by atoms with Crippen molar-refractivity contribution >= 4 is 40.0 Å². The van der Waals surface area contributed by atoms with Crippen LogP contribution >= 0.6 is 23.1 Å². The molecule has 0 aromatic carbocycles. The van der Waals surface area contributed by atoms with E-state index < -0.39 is 18.1 Å². The molecule has 12 heteroatoms. The third kappa shape index (κ3) is 4.57. The minimum Gasteiger partial charge on any atom is -0.433 e. The number of anilines is 1. The van der Waals surface area contributed by atoms with Crippen molar-refractivity contribution in [2.75, 3.05) is 17.7 Å². The fraction of sp³-hybridized carbons (Fsp3) is 0.500. The van der Waals surface area contributed by atoms with Gasteiger partial charge in [-0.1, -0.05) is 18.7 Å². The van der Waals surface area contributed by atoms with Crippen LogP contribution in [0, 0.1) is 5.92 Å². The molecule has 1 amide bonds. The summed E-state index contributed by atoms with van der Waals surface area (Å²) in [6, 6.07) is 2.56. The Hall–Kier alpha value is -2.31. The smallest absolute Gasteiger partial charge is 0.387 e. The predicted molar refractivity (Wildman–Crippen MR) is 119 cm³/mol. The SMILES string of the molecule is CC[C@@]1(C)C[C@@H]2CSC(N)=N[C@]2(c2nc(NC(=O)c3ccc(OC(F)F)cn3)cs2)CO1. The van der Waals surface area contributed by atoms with Crippen LogP contribution in [0.5, 0.6) is 5.75 Å². The third-order valence-electron chi connectivity index (χ3n) is 5.79. The van der Waals surface area contributed by atoms with Gasteiger partial charge in [-0.05, 0) is 31.9 Å². The number of nitrogens with zero attached hydrogens (tertiary/aromatic N) is 3. The summed E-state index contributed by atoms with van der Waals surface area (Å²) in [7, 11) is 0. The molecule has 2 aromatic rings. The minimum absolute atomic E-state index is 0.0493. The van der Waals surface area contributed by atoms with Crippen LogP contribution in [-0.2, 0) is 10.3 Å². The Labute approximate surface area is 192 Å². The number of fused-ring (bicyclic) bond motifs is 1. The van der Waals surface area contributed by atoms with Gasteiger partial charge in [0.05, 0.1) is 18.4 Å². The van der Waals surface area contributed by atoms with Crippen molar-refractivity contribution in [3.63, 3.8) is 0 Å². The van der Waals surface area contributed by atoms with E-state index in [4.69, 9.17) is 15.5 Å². The molecule has 3 N–H and O–H groups in total. The topological polar surface area (TPSA) is 112 Å². The third-order valence-corrected chi connectivity index (χ3v) is 7.76. The van der Waals surface area contributed by atoms with Crippen LogP contribution in [0.3, 0.4) is 0 Å². The number of hydrogen-bond donors (Lipinski definition) is 2. The van der Waals surface area contributed by atoms with Crippen molar-refractivity contribution in [1.82, 2.24) is 9.97 Å². The van der Waals surface area contributed by atoms with Crippen molar-refractivity contribution < 1.29 is 23.0 Å². The van der Waals surface area contributed by atoms with Crippen molar-refractivity contribution in [3.8, 4) is 5.75 Å². The van der Waals surface area contributed by atoms with Crippen LogP contribution in [0.2, 0.25) is 0 Å². The van der Waals surface area contributed by atoms with Crippen LogP contribution in [0.25, 0.3) is 0 Å². The largest absolute Gasteiger partial charge is 0.433 e. The highest BCUT2D eigenvalue weighted by molar-refractivity contribution is 8.13. The van der Waals surface area contributed by atoms with Crippen LogP contribution in [0.4, 0.5) is 14.6 Å². The van der Waals surface area contributed by atoms with Gasteiger partial charge in [0.15, 0.2) is 5.17 Å². The molecule has 4 rings (SSSR count). The molecule has 0 spiro atoms. The van der Waals surface area contributed by atoms with Gasteiger partial charge in [-0.3, -0.25) is 4.79 Å². The predicted octanol–water partition coefficient (Wildman–Crippen LogP) is 3.85. The molecule has 1 saturated heterocycles. The van der Waals surface area contributed by atoms with Gasteiger partial charge in [0.1, 0.15) is 27.8 Å². The monoisotopic (exact) mass is 483 g/mol. The first-order chi connectivity index (χ1) is 15.2. The molecule has 0 aliphatic carbocycles. The molecule has 8 nitrogen and oxygen atoms in total. The molecule has 1 fully saturated rings. The highest BCUT2D eigenvalue weighted by Crippen LogP contribution is 2.50. The molecule has 3 atom stereocenters. The Balaban J connectivity index is 1.52. The maximum absolute atomic E-state index is 12.5. The van der Waals surface area contributed by atoms with Gasteiger partial charge < -0.3 is 20.5 Å². The van der Waals surface area contributed by atoms with E-state index in [-0.39, 0.29) is 23.0 Å². The minimum atomic E-state index is -2.96. The Kier molecular flexibility index (Phi) is 6.37. The Morgan fingerprint density at radius 2 is 2.28 bits per heavy atom. The lowest BCUT2D eigenvalue weighted by Gasteiger charge is -2.48. The Morgan fingerprint density at radius 1 is 1.47 bits per heavy atom. The van der Waals surface area contributed by atoms with Crippen LogP contribution in [0.1, 0.15) is 42.2 Å². The molecular weight excluding hydrogens is 460 g/mol. The highest BCUT2D eigenvalue weighted by Gasteiger charge is 2.52. The average molecular weight is 484 g/mol. The quantitative estimate of drug-likeness (QED) is 0.642. The number of aliphatic imine (C=N–C) groups is 1. The zero-order chi connectivity index (χ0) is 22.9. The first-order valence-electron chi connectivity index (χ1n) is 10.0. The molecule has 4 heterocycles. The van der Waals surface area contributed by atoms with Crippen molar-refractivity contribution in [2.45, 2.75) is 44.4 Å². The first-order valence-corrected chi connectivity index (χ1v) is 11.9. The molecule has 2 aliphatic rings. The van der Waals surface area contributed by atoms with E-state index in [0.29, 0.717) is 17.6 Å². The lowest BCUT2D eigenvalue weighted by Crippen LogP contribution is -2.53. The number of thioether (sulfide) groups is 1. The number of amides is 1. The van der Waals surface area contributed by atoms with E-state index in [1.165, 1.54) is 23.5 Å². The number of pyridine rings is 1. The van der Waals surface area contributed by atoms with E-state index in [1.54, 1.807) is 17.1 Å². The number of amidine groups is 1. The molecule has 32 heavy (non-hydrogen) atoms. The number of hydrogen-bond acceptors (Lipinski definition) is 9. The van der Waals surface area contributed by atoms with Crippen molar-refractivity contribution in [3.05, 3.63) is 34.4 Å². The normalized spacial score (nSPS) is 27.5. The van der Waals surface area contributed by atoms with Crippen LogP contribution in [0.15, 0.2) is 28.7 Å². The summed E-state index contributed by atoms with van der Waals surface area (Å²) in [5, 5.41) is 5.65. The summed E-state index contributed by atoms with van der Waals surface area (Å²) in [4.78, 5) is 25.8. The Morgan fingerprint density at radius 3 is 2.97 bits per heavy atom. The number of carbonyl (C=O) groups excluding carboxylic acids is 1. The molecule has 2 aliphatic heterocycles. The van der Waals surface area contributed by atoms with Gasteiger partial charge in [0.25, 0.3) is 5.91 Å². The van der Waals surface area contributed by atoms with Gasteiger partial charge in [0, 0.05) is 17.1 Å². The van der Waals surface area contributed by atoms with E-state index in [9.17, 15) is 13.6 Å². The van der Waals surface area contributed by atoms with E-state index in [1.807, 2.05) is 0 Å². The molecular formula is C20H23F2N5O3S2. The van der Waals surface area contributed by atoms with Gasteiger partial charge in [-0.2, -0.15) is 8.78 Å². The molecule has 0 bridgehead atoms. The zero-order valence-electron chi connectivity index (χ0n) is 17.5. The van der Waals surface area contributed by atoms with Crippen molar-refractivity contribution in [1.29, 1.82) is 0 Å². The van der Waals surface area contributed by atoms with Gasteiger partial charge in [-0.15, -0.1) is 11.3 Å². The fourth-order valence-corrected chi connectivity index (χ4v) is 5.77. The van der Waals surface area contributed by atoms with E-state index in [2.05, 4.69) is 33.9 Å². The summed E-state index contributed by atoms with van der Waals surface area (Å²) in [5.41, 5.74) is 5.23. The second kappa shape index (κ2) is 8.91. The van der Waals surface area contributed by atoms with Gasteiger partial charge in [-0.25, -0.2) is 15.0 Å². The lowest BCUT2D eigenvalue weighted by atomic mass is 9.75. The van der Waals surface area contributed by atoms with Gasteiger partial charge in [0.2, 0.25) is 0 Å². The summed E-state index contributed by atoms with van der Waals surface area (Å²) in [6.45, 7) is 1.64. The second-order valence-electron chi connectivity index (χ2n) is 7.93. The maximum atomic E-state index is 12.5. The van der Waals surface area contributed by atoms with E-state index in [0.717, 1.165) is 29.8 Å². The first kappa shape index (κ1) is 22.9. The average Bonchev–Trinajstić information content (AvgIpc) is 3.23. The van der Waals surface area contributed by atoms with E-state index >= 15 is 0 Å². The molecule has 0 unspecified atom stereocenters. The molecule has 0 saturated carbocycles. The Bertz CT molecular complexity index is 1020. The number of halogens is 2. The second-order valence-corrected chi connectivity index (χ2v) is 9.83. The van der Waals surface area contributed by atoms with Gasteiger partial charge >= 0.3 is 6.61 Å². The number of alkyl halides is 2. The number of aromatic nitrogens is 2. The highest BCUT2D eigenvalue weighted by atomic mass is 32.2. The summed E-state index contributed by atoms with van der Waals surface area (Å²) in [6.07, 6.45) is 2.81. The number of rotatable bonds is 6. The fourth-order valence-electron chi connectivity index (χ4n) is 3.81. The van der Waals surface area contributed by atoms with Crippen molar-refractivity contribution in [2.24, 2.45) is 16.6 Å². The lowest BCUT2D eigenvalue weighted by molar-refractivity contribution is -0.122. The standard InChI is InChI=1S/C20H23F2N5O3S2/c1-3-19(2)6-11-8-32-18(23)27-20(11,10-29-19)16-26-14(9-31-16)25-15(28)13-5-4-12(7-24-13)30-17(21)22/h4-5,7,9,11,17H,3,6,8,10H2,1-2H3,(H2,23,27)(H,25,28)/t11-,19+,20-/m1/s1. The molecule has 2 aromatic heterocycles. The van der Waals surface area contributed by atoms with Crippen LogP contribution < -0.4 is 15.8 Å². The summed E-state index contributed by atoms with van der Waals surface area (Å²) in [5.74, 6) is 0.748. The summed E-state index contributed by atoms with van der Waals surface area (Å²) < 4.78 is 35.0. The summed E-state index contributed by atoms with van der Waals surface area (Å²) >= 11 is 2.93. The number of thiazole rings is 1. The molecule has 172 valence electrons. The molecule has 0 radical (unpaired) electrons. The number of nitrogens with one attached hydrogen (secondary N) is 1. The zero-order valence-corrected chi connectivity index (χ0v) is 19.1. The number of carbonyl (C=O) groups is 1. The number of nitrogens with two attached hydrogens (primary N) is 1. The van der Waals surface area contributed by atoms with Crippen LogP contribution in [-0.4, -0.2) is 45.6 Å². The number of ether oxygens (including phenoxy) is 2.